The number of ketones is 1. The molecule has 0 radical (unpaired) electrons. The molecule has 1 aromatic heterocycles. The van der Waals surface area contributed by atoms with Gasteiger partial charge in [-0.2, -0.15) is 0 Å². The molecule has 2 amide bonds. The highest BCUT2D eigenvalue weighted by Crippen LogP contribution is 2.35. The summed E-state index contributed by atoms with van der Waals surface area (Å²) in [5.41, 5.74) is 1.12. The number of hydrogen-bond donors (Lipinski definition) is 1. The van der Waals surface area contributed by atoms with Crippen LogP contribution in [0, 0.1) is 11.8 Å². The first kappa shape index (κ1) is 23.8. The third-order valence-electron chi connectivity index (χ3n) is 7.27. The molecule has 1 aliphatic heterocycles. The maximum absolute atomic E-state index is 13.3. The molecule has 1 saturated heterocycles. The molecule has 9 heteroatoms. The minimum absolute atomic E-state index is 0.0109. The second-order valence-electron chi connectivity index (χ2n) is 9.88. The number of ether oxygens (including phenoxy) is 2. The van der Waals surface area contributed by atoms with Gasteiger partial charge in [-0.3, -0.25) is 9.59 Å². The second-order valence-corrected chi connectivity index (χ2v) is 9.88. The molecule has 0 spiro atoms. The van der Waals surface area contributed by atoms with Crippen LogP contribution in [0.4, 0.5) is 4.79 Å². The van der Waals surface area contributed by atoms with Gasteiger partial charge in [0.05, 0.1) is 13.2 Å². The van der Waals surface area contributed by atoms with Crippen molar-refractivity contribution in [3.05, 3.63) is 30.2 Å². The van der Waals surface area contributed by atoms with Crippen molar-refractivity contribution in [2.45, 2.75) is 63.5 Å². The van der Waals surface area contributed by atoms with E-state index in [1.807, 2.05) is 12.1 Å². The third-order valence-corrected chi connectivity index (χ3v) is 7.27. The van der Waals surface area contributed by atoms with E-state index in [-0.39, 0.29) is 23.5 Å². The lowest BCUT2D eigenvalue weighted by Gasteiger charge is -2.32. The Labute approximate surface area is 204 Å². The Morgan fingerprint density at radius 3 is 2.51 bits per heavy atom. The fraction of sp³-hybridized carbons (Fsp3) is 0.615. The molecule has 9 nitrogen and oxygen atoms in total. The van der Waals surface area contributed by atoms with Gasteiger partial charge in [0.2, 0.25) is 5.78 Å². The van der Waals surface area contributed by atoms with Gasteiger partial charge in [-0.25, -0.2) is 9.78 Å². The number of morpholine rings is 1. The Bertz CT molecular complexity index is 1020. The number of nitrogens with zero attached hydrogens (tertiary/aromatic N) is 2. The number of carbonyl (C=O) groups excluding carboxylic acids is 3. The molecule has 35 heavy (non-hydrogen) atoms. The summed E-state index contributed by atoms with van der Waals surface area (Å²) >= 11 is 0. The molecule has 2 heterocycles. The van der Waals surface area contributed by atoms with E-state index in [2.05, 4.69) is 10.3 Å². The molecule has 2 atom stereocenters. The highest BCUT2D eigenvalue weighted by atomic mass is 16.6. The molecule has 0 bridgehead atoms. The molecule has 5 rings (SSSR count). The first-order valence-electron chi connectivity index (χ1n) is 12.8. The number of rotatable bonds is 8. The van der Waals surface area contributed by atoms with Crippen molar-refractivity contribution in [1.29, 1.82) is 0 Å². The fourth-order valence-electron chi connectivity index (χ4n) is 5.14. The summed E-state index contributed by atoms with van der Waals surface area (Å²) in [5.74, 6) is -0.207. The van der Waals surface area contributed by atoms with Crippen LogP contribution in [0.3, 0.4) is 0 Å². The molecule has 0 unspecified atom stereocenters. The average molecular weight is 484 g/mol. The summed E-state index contributed by atoms with van der Waals surface area (Å²) in [4.78, 5) is 45.5. The molecule has 1 aromatic carbocycles. The average Bonchev–Trinajstić information content (AvgIpc) is 3.64. The predicted octanol–water partition coefficient (Wildman–Crippen LogP) is 3.71. The highest BCUT2D eigenvalue weighted by molar-refractivity contribution is 6.00. The number of para-hydroxylation sites is 2. The number of nitrogens with one attached hydrogen (secondary N) is 1. The van der Waals surface area contributed by atoms with Crippen LogP contribution in [0.1, 0.15) is 62.1 Å². The van der Waals surface area contributed by atoms with Crippen molar-refractivity contribution >= 4 is 28.9 Å². The molecule has 2 aliphatic carbocycles. The highest BCUT2D eigenvalue weighted by Gasteiger charge is 2.41. The van der Waals surface area contributed by atoms with E-state index in [0.717, 1.165) is 38.5 Å². The Morgan fingerprint density at radius 2 is 1.80 bits per heavy atom. The Hall–Kier alpha value is -2.94. The van der Waals surface area contributed by atoms with Crippen LogP contribution in [0.15, 0.2) is 28.7 Å². The lowest BCUT2D eigenvalue weighted by molar-refractivity contribution is -0.145. The first-order valence-corrected chi connectivity index (χ1v) is 12.8. The zero-order valence-corrected chi connectivity index (χ0v) is 19.9. The van der Waals surface area contributed by atoms with Gasteiger partial charge in [0.1, 0.15) is 11.6 Å². The first-order chi connectivity index (χ1) is 17.1. The molecule has 188 valence electrons. The molecule has 2 saturated carbocycles. The van der Waals surface area contributed by atoms with E-state index in [4.69, 9.17) is 13.9 Å². The van der Waals surface area contributed by atoms with Gasteiger partial charge in [-0.05, 0) is 43.2 Å². The number of hydrogen-bond acceptors (Lipinski definition) is 7. The molecular weight excluding hydrogens is 450 g/mol. The third kappa shape index (κ3) is 5.83. The van der Waals surface area contributed by atoms with Crippen molar-refractivity contribution in [2.75, 3.05) is 26.3 Å². The summed E-state index contributed by atoms with van der Waals surface area (Å²) in [6.07, 6.45) is 6.12. The smallest absolute Gasteiger partial charge is 0.408 e. The largest absolute Gasteiger partial charge is 0.436 e. The minimum atomic E-state index is -0.865. The van der Waals surface area contributed by atoms with Crippen LogP contribution in [-0.2, 0) is 14.3 Å². The lowest BCUT2D eigenvalue weighted by Crippen LogP contribution is -2.50. The molecule has 2 aromatic rings. The fourth-order valence-corrected chi connectivity index (χ4v) is 5.14. The number of fused-ring (bicyclic) bond motifs is 1. The van der Waals surface area contributed by atoms with E-state index in [0.29, 0.717) is 49.7 Å². The standard InChI is InChI=1S/C26H33N3O6/c30-23(24-27-19-8-4-5-9-20(19)34-24)22(18-10-11-18)28-26(32)35-21(16-17-6-2-1-3-7-17)25(31)29-12-14-33-15-13-29/h4-5,8-9,17-18,21-22H,1-3,6-7,10-16H2,(H,28,32)/t21-,22-/m0/s1. The van der Waals surface area contributed by atoms with E-state index in [1.165, 1.54) is 6.42 Å². The normalized spacial score (nSPS) is 20.9. The SMILES string of the molecule is O=C(N[C@H](C(=O)c1nc2ccccc2o1)C1CC1)O[C@@H](CC1CCCCC1)C(=O)N1CCOCC1. The summed E-state index contributed by atoms with van der Waals surface area (Å²) in [7, 11) is 0. The van der Waals surface area contributed by atoms with Crippen LogP contribution in [0.2, 0.25) is 0 Å². The number of aromatic nitrogens is 1. The van der Waals surface area contributed by atoms with Gasteiger partial charge in [-0.1, -0.05) is 44.2 Å². The van der Waals surface area contributed by atoms with Crippen LogP contribution < -0.4 is 5.32 Å². The molecule has 1 N–H and O–H groups in total. The zero-order chi connectivity index (χ0) is 24.2. The summed E-state index contributed by atoms with van der Waals surface area (Å²) in [6.45, 7) is 1.95. The number of oxazole rings is 1. The Kier molecular flexibility index (Phi) is 7.32. The van der Waals surface area contributed by atoms with Crippen molar-refractivity contribution in [3.63, 3.8) is 0 Å². The Morgan fingerprint density at radius 1 is 1.06 bits per heavy atom. The monoisotopic (exact) mass is 483 g/mol. The maximum atomic E-state index is 13.3. The molecule has 3 aliphatic rings. The van der Waals surface area contributed by atoms with E-state index >= 15 is 0 Å². The number of benzene rings is 1. The molecular formula is C26H33N3O6. The maximum Gasteiger partial charge on any atom is 0.408 e. The van der Waals surface area contributed by atoms with E-state index < -0.39 is 18.2 Å². The van der Waals surface area contributed by atoms with E-state index in [1.54, 1.807) is 17.0 Å². The minimum Gasteiger partial charge on any atom is -0.436 e. The van der Waals surface area contributed by atoms with Gasteiger partial charge >= 0.3 is 6.09 Å². The van der Waals surface area contributed by atoms with Gasteiger partial charge in [0.15, 0.2) is 11.7 Å². The Balaban J connectivity index is 1.27. The van der Waals surface area contributed by atoms with Gasteiger partial charge in [0, 0.05) is 13.1 Å². The summed E-state index contributed by atoms with van der Waals surface area (Å²) in [6, 6.07) is 6.37. The van der Waals surface area contributed by atoms with Crippen molar-refractivity contribution in [1.82, 2.24) is 15.2 Å². The second kappa shape index (κ2) is 10.8. The van der Waals surface area contributed by atoms with Crippen LogP contribution >= 0.6 is 0 Å². The van der Waals surface area contributed by atoms with Crippen molar-refractivity contribution in [2.24, 2.45) is 11.8 Å². The lowest BCUT2D eigenvalue weighted by atomic mass is 9.85. The zero-order valence-electron chi connectivity index (χ0n) is 19.9. The summed E-state index contributed by atoms with van der Waals surface area (Å²) < 4.78 is 16.8. The molecule has 3 fully saturated rings. The number of amides is 2. The topological polar surface area (TPSA) is 111 Å². The number of alkyl carbamates (subject to hydrolysis) is 1. The van der Waals surface area contributed by atoms with Crippen LogP contribution in [0.5, 0.6) is 0 Å². The van der Waals surface area contributed by atoms with Gasteiger partial charge in [-0.15, -0.1) is 0 Å². The number of Topliss-reactive ketones (excluding diaryl/α,β-unsaturated/α-hetero) is 1. The van der Waals surface area contributed by atoms with Crippen molar-refractivity contribution < 1.29 is 28.3 Å². The number of carbonyl (C=O) groups is 3. The van der Waals surface area contributed by atoms with Crippen LogP contribution in [-0.4, -0.2) is 66.1 Å². The van der Waals surface area contributed by atoms with Crippen LogP contribution in [0.25, 0.3) is 11.1 Å². The van der Waals surface area contributed by atoms with E-state index in [9.17, 15) is 14.4 Å². The summed E-state index contributed by atoms with van der Waals surface area (Å²) in [5, 5.41) is 2.74. The quantitative estimate of drug-likeness (QED) is 0.570. The van der Waals surface area contributed by atoms with Gasteiger partial charge in [0.25, 0.3) is 11.8 Å². The van der Waals surface area contributed by atoms with Crippen molar-refractivity contribution in [3.8, 4) is 0 Å². The predicted molar refractivity (Wildman–Crippen MR) is 127 cm³/mol. The van der Waals surface area contributed by atoms with Gasteiger partial charge < -0.3 is 24.1 Å².